The fraction of sp³-hybridized carbons (Fsp3) is 1.00. The summed E-state index contributed by atoms with van der Waals surface area (Å²) < 4.78 is 0. The highest BCUT2D eigenvalue weighted by Crippen LogP contribution is 2.28. The van der Waals surface area contributed by atoms with Gasteiger partial charge in [0.2, 0.25) is 0 Å². The van der Waals surface area contributed by atoms with Crippen molar-refractivity contribution in [1.29, 1.82) is 0 Å². The van der Waals surface area contributed by atoms with Gasteiger partial charge < -0.3 is 11.1 Å². The Balaban J connectivity index is 4.62. The molecule has 18 heavy (non-hydrogen) atoms. The topological polar surface area (TPSA) is 38.0 Å². The number of nitrogens with two attached hydrogens (primary N) is 1. The second kappa shape index (κ2) is 6.38. The predicted octanol–water partition coefficient (Wildman–Crippen LogP) is 3.66. The van der Waals surface area contributed by atoms with Crippen molar-refractivity contribution >= 4 is 0 Å². The molecular weight excluding hydrogens is 220 g/mol. The summed E-state index contributed by atoms with van der Waals surface area (Å²) in [6.45, 7) is 21.4. The number of hydrogen-bond donors (Lipinski definition) is 2. The van der Waals surface area contributed by atoms with Crippen molar-refractivity contribution in [3.8, 4) is 0 Å². The van der Waals surface area contributed by atoms with E-state index in [0.29, 0.717) is 17.9 Å². The standard InChI is InChI=1S/C16H36N2/c1-11(2)13(17)16(8,9)10-18-14(12(3)4)15(5,6)7/h11-14,18H,10,17H2,1-9H3/t13-,14+/m0/s1. The summed E-state index contributed by atoms with van der Waals surface area (Å²) in [5.74, 6) is 1.16. The molecule has 0 heterocycles. The normalized spacial score (nSPS) is 17.3. The van der Waals surface area contributed by atoms with E-state index >= 15 is 0 Å². The summed E-state index contributed by atoms with van der Waals surface area (Å²) in [6, 6.07) is 0.758. The average Bonchev–Trinajstić information content (AvgIpc) is 2.13. The minimum atomic E-state index is 0.132. The zero-order valence-electron chi connectivity index (χ0n) is 14.1. The van der Waals surface area contributed by atoms with E-state index < -0.39 is 0 Å². The molecule has 0 saturated carbocycles. The third-order valence-electron chi connectivity index (χ3n) is 4.00. The van der Waals surface area contributed by atoms with Crippen molar-refractivity contribution in [3.05, 3.63) is 0 Å². The summed E-state index contributed by atoms with van der Waals surface area (Å²) in [5, 5.41) is 3.76. The lowest BCUT2D eigenvalue weighted by molar-refractivity contribution is 0.161. The Hall–Kier alpha value is -0.0800. The zero-order chi connectivity index (χ0) is 14.7. The molecular formula is C16H36N2. The molecule has 110 valence electrons. The van der Waals surface area contributed by atoms with Crippen molar-refractivity contribution < 1.29 is 0 Å². The maximum Gasteiger partial charge on any atom is 0.0139 e. The van der Waals surface area contributed by atoms with Crippen LogP contribution >= 0.6 is 0 Å². The molecule has 0 radical (unpaired) electrons. The lowest BCUT2D eigenvalue weighted by atomic mass is 9.76. The van der Waals surface area contributed by atoms with Gasteiger partial charge in [-0.1, -0.05) is 62.3 Å². The van der Waals surface area contributed by atoms with E-state index in [1.165, 1.54) is 0 Å². The minimum Gasteiger partial charge on any atom is -0.327 e. The molecule has 0 aliphatic carbocycles. The molecule has 0 aromatic rings. The van der Waals surface area contributed by atoms with Crippen LogP contribution in [0.2, 0.25) is 0 Å². The van der Waals surface area contributed by atoms with E-state index in [1.807, 2.05) is 0 Å². The van der Waals surface area contributed by atoms with E-state index in [1.54, 1.807) is 0 Å². The van der Waals surface area contributed by atoms with Crippen molar-refractivity contribution in [1.82, 2.24) is 5.32 Å². The smallest absolute Gasteiger partial charge is 0.0139 e. The van der Waals surface area contributed by atoms with E-state index in [9.17, 15) is 0 Å². The summed E-state index contributed by atoms with van der Waals surface area (Å²) in [4.78, 5) is 0. The Morgan fingerprint density at radius 3 is 1.61 bits per heavy atom. The minimum absolute atomic E-state index is 0.132. The molecule has 0 aromatic carbocycles. The van der Waals surface area contributed by atoms with E-state index in [2.05, 4.69) is 67.6 Å². The largest absolute Gasteiger partial charge is 0.327 e. The molecule has 0 aliphatic rings. The van der Waals surface area contributed by atoms with Crippen molar-refractivity contribution in [2.24, 2.45) is 28.4 Å². The van der Waals surface area contributed by atoms with Crippen LogP contribution in [0, 0.1) is 22.7 Å². The first-order chi connectivity index (χ1) is 7.89. The van der Waals surface area contributed by atoms with Gasteiger partial charge in [0, 0.05) is 18.6 Å². The third kappa shape index (κ3) is 5.27. The molecule has 0 aromatic heterocycles. The van der Waals surface area contributed by atoms with Crippen LogP contribution in [0.25, 0.3) is 0 Å². The van der Waals surface area contributed by atoms with Gasteiger partial charge in [-0.15, -0.1) is 0 Å². The van der Waals surface area contributed by atoms with Crippen LogP contribution in [0.15, 0.2) is 0 Å². The summed E-state index contributed by atoms with van der Waals surface area (Å²) in [5.41, 5.74) is 6.74. The molecule has 0 rings (SSSR count). The first-order valence-electron chi connectivity index (χ1n) is 7.38. The van der Waals surface area contributed by atoms with Crippen LogP contribution in [0.3, 0.4) is 0 Å². The third-order valence-corrected chi connectivity index (χ3v) is 4.00. The Morgan fingerprint density at radius 2 is 1.33 bits per heavy atom. The second-order valence-electron chi connectivity index (χ2n) is 8.23. The van der Waals surface area contributed by atoms with Crippen LogP contribution in [-0.2, 0) is 0 Å². The van der Waals surface area contributed by atoms with Crippen LogP contribution in [0.5, 0.6) is 0 Å². The second-order valence-corrected chi connectivity index (χ2v) is 8.23. The number of nitrogens with one attached hydrogen (secondary N) is 1. The van der Waals surface area contributed by atoms with Gasteiger partial charge in [0.05, 0.1) is 0 Å². The van der Waals surface area contributed by atoms with Crippen molar-refractivity contribution in [2.45, 2.75) is 74.4 Å². The average molecular weight is 256 g/mol. The van der Waals surface area contributed by atoms with Gasteiger partial charge in [-0.05, 0) is 22.7 Å². The monoisotopic (exact) mass is 256 g/mol. The van der Waals surface area contributed by atoms with Crippen LogP contribution in [0.1, 0.15) is 62.3 Å². The molecule has 0 amide bonds. The Morgan fingerprint density at radius 1 is 0.889 bits per heavy atom. The summed E-state index contributed by atoms with van der Waals surface area (Å²) in [7, 11) is 0. The maximum atomic E-state index is 6.33. The highest BCUT2D eigenvalue weighted by atomic mass is 15.0. The molecule has 2 heteroatoms. The molecule has 0 spiro atoms. The van der Waals surface area contributed by atoms with Gasteiger partial charge in [0.1, 0.15) is 0 Å². The van der Waals surface area contributed by atoms with E-state index in [-0.39, 0.29) is 16.9 Å². The number of rotatable bonds is 6. The van der Waals surface area contributed by atoms with Gasteiger partial charge in [0.25, 0.3) is 0 Å². The molecule has 0 saturated heterocycles. The van der Waals surface area contributed by atoms with Gasteiger partial charge in [0.15, 0.2) is 0 Å². The summed E-state index contributed by atoms with van der Waals surface area (Å²) in [6.07, 6.45) is 0. The quantitative estimate of drug-likeness (QED) is 0.761. The Labute approximate surface area is 115 Å². The fourth-order valence-corrected chi connectivity index (χ4v) is 2.94. The lowest BCUT2D eigenvalue weighted by Gasteiger charge is -2.40. The van der Waals surface area contributed by atoms with E-state index in [0.717, 1.165) is 6.54 Å². The van der Waals surface area contributed by atoms with Crippen LogP contribution in [-0.4, -0.2) is 18.6 Å². The first-order valence-corrected chi connectivity index (χ1v) is 7.38. The van der Waals surface area contributed by atoms with Gasteiger partial charge in [-0.2, -0.15) is 0 Å². The Kier molecular flexibility index (Phi) is 6.35. The zero-order valence-corrected chi connectivity index (χ0v) is 14.1. The highest BCUT2D eigenvalue weighted by Gasteiger charge is 2.32. The number of hydrogen-bond acceptors (Lipinski definition) is 2. The van der Waals surface area contributed by atoms with Crippen LogP contribution in [0.4, 0.5) is 0 Å². The first kappa shape index (κ1) is 17.9. The Bertz CT molecular complexity index is 236. The van der Waals surface area contributed by atoms with E-state index in [4.69, 9.17) is 5.73 Å². The fourth-order valence-electron chi connectivity index (χ4n) is 2.94. The molecule has 3 N–H and O–H groups in total. The SMILES string of the molecule is CC(C)[C@@H](NCC(C)(C)[C@@H](N)C(C)C)C(C)(C)C. The summed E-state index contributed by atoms with van der Waals surface area (Å²) >= 11 is 0. The van der Waals surface area contributed by atoms with Crippen molar-refractivity contribution in [2.75, 3.05) is 6.54 Å². The van der Waals surface area contributed by atoms with Gasteiger partial charge in [-0.3, -0.25) is 0 Å². The molecule has 0 aliphatic heterocycles. The maximum absolute atomic E-state index is 6.33. The van der Waals surface area contributed by atoms with Crippen molar-refractivity contribution in [3.63, 3.8) is 0 Å². The molecule has 2 nitrogen and oxygen atoms in total. The molecule has 0 bridgehead atoms. The van der Waals surface area contributed by atoms with Gasteiger partial charge >= 0.3 is 0 Å². The molecule has 2 atom stereocenters. The highest BCUT2D eigenvalue weighted by molar-refractivity contribution is 4.90. The molecule has 0 fully saturated rings. The molecule has 0 unspecified atom stereocenters. The lowest BCUT2D eigenvalue weighted by Crippen LogP contribution is -2.52. The van der Waals surface area contributed by atoms with Gasteiger partial charge in [-0.25, -0.2) is 0 Å². The van der Waals surface area contributed by atoms with Crippen LogP contribution < -0.4 is 11.1 Å². The predicted molar refractivity (Wildman–Crippen MR) is 82.7 cm³/mol.